The first-order chi connectivity index (χ1) is 7.20. The Labute approximate surface area is 88.2 Å². The molecule has 0 bridgehead atoms. The molecule has 1 N–H and O–H groups in total. The third-order valence-corrected chi connectivity index (χ3v) is 2.66. The van der Waals surface area contributed by atoms with Gasteiger partial charge in [-0.25, -0.2) is 4.79 Å². The lowest BCUT2D eigenvalue weighted by atomic mass is 9.93. The van der Waals surface area contributed by atoms with Crippen LogP contribution in [0.3, 0.4) is 0 Å². The zero-order valence-electron chi connectivity index (χ0n) is 8.44. The standard InChI is InChI=1S/C11H14O4/c12-10(13)4-3-9-2-1-5-11(8-9)14-6-7-15-11/h2-4H,1,5-8H2,(H,12,13)/b4-3+. The summed E-state index contributed by atoms with van der Waals surface area (Å²) < 4.78 is 11.1. The number of hydrogen-bond donors (Lipinski definition) is 1. The number of allylic oxidation sites excluding steroid dienone is 2. The SMILES string of the molecule is O=C(O)/C=C/C1=CCCC2(C1)OCCO2. The largest absolute Gasteiger partial charge is 0.478 e. The van der Waals surface area contributed by atoms with E-state index in [4.69, 9.17) is 14.6 Å². The number of rotatable bonds is 2. The monoisotopic (exact) mass is 210 g/mol. The van der Waals surface area contributed by atoms with Crippen LogP contribution in [0.5, 0.6) is 0 Å². The molecule has 0 aromatic heterocycles. The van der Waals surface area contributed by atoms with Gasteiger partial charge >= 0.3 is 5.97 Å². The molecule has 1 spiro atoms. The van der Waals surface area contributed by atoms with Gasteiger partial charge in [0.25, 0.3) is 0 Å². The molecule has 2 aliphatic rings. The number of carbonyl (C=O) groups is 1. The molecule has 1 aliphatic carbocycles. The molecule has 0 aromatic carbocycles. The predicted molar refractivity (Wildman–Crippen MR) is 53.3 cm³/mol. The predicted octanol–water partition coefficient (Wildman–Crippen LogP) is 1.48. The molecule has 0 radical (unpaired) electrons. The molecule has 1 fully saturated rings. The van der Waals surface area contributed by atoms with Crippen LogP contribution in [0, 0.1) is 0 Å². The highest BCUT2D eigenvalue weighted by Crippen LogP contribution is 2.35. The van der Waals surface area contributed by atoms with Gasteiger partial charge in [-0.2, -0.15) is 0 Å². The second kappa shape index (κ2) is 4.16. The molecule has 1 aliphatic heterocycles. The molecule has 0 saturated carbocycles. The molecule has 0 unspecified atom stereocenters. The van der Waals surface area contributed by atoms with E-state index in [2.05, 4.69) is 0 Å². The Morgan fingerprint density at radius 2 is 2.20 bits per heavy atom. The van der Waals surface area contributed by atoms with Gasteiger partial charge in [-0.05, 0) is 12.0 Å². The minimum Gasteiger partial charge on any atom is -0.478 e. The van der Waals surface area contributed by atoms with Crippen LogP contribution in [0.15, 0.2) is 23.8 Å². The average Bonchev–Trinajstić information content (AvgIpc) is 2.63. The second-order valence-electron chi connectivity index (χ2n) is 3.77. The normalized spacial score (nSPS) is 24.7. The number of hydrogen-bond acceptors (Lipinski definition) is 3. The Morgan fingerprint density at radius 1 is 1.47 bits per heavy atom. The molecular weight excluding hydrogens is 196 g/mol. The van der Waals surface area contributed by atoms with Gasteiger partial charge in [0.2, 0.25) is 0 Å². The molecule has 15 heavy (non-hydrogen) atoms. The lowest BCUT2D eigenvalue weighted by molar-refractivity contribution is -0.162. The van der Waals surface area contributed by atoms with Crippen molar-refractivity contribution in [2.45, 2.75) is 25.0 Å². The van der Waals surface area contributed by atoms with E-state index in [9.17, 15) is 4.79 Å². The van der Waals surface area contributed by atoms with Crippen molar-refractivity contribution < 1.29 is 19.4 Å². The Balaban J connectivity index is 2.02. The topological polar surface area (TPSA) is 55.8 Å². The molecular formula is C11H14O4. The van der Waals surface area contributed by atoms with Crippen molar-refractivity contribution in [1.29, 1.82) is 0 Å². The van der Waals surface area contributed by atoms with E-state index in [0.717, 1.165) is 24.5 Å². The number of carboxylic acids is 1. The van der Waals surface area contributed by atoms with E-state index in [1.807, 2.05) is 6.08 Å². The van der Waals surface area contributed by atoms with Crippen molar-refractivity contribution in [1.82, 2.24) is 0 Å². The van der Waals surface area contributed by atoms with Gasteiger partial charge < -0.3 is 14.6 Å². The van der Waals surface area contributed by atoms with Gasteiger partial charge in [-0.1, -0.05) is 12.2 Å². The van der Waals surface area contributed by atoms with Gasteiger partial charge in [0, 0.05) is 18.9 Å². The van der Waals surface area contributed by atoms with Crippen LogP contribution >= 0.6 is 0 Å². The second-order valence-corrected chi connectivity index (χ2v) is 3.77. The number of carboxylic acid groups (broad SMARTS) is 1. The van der Waals surface area contributed by atoms with Crippen molar-refractivity contribution >= 4 is 5.97 Å². The van der Waals surface area contributed by atoms with Gasteiger partial charge in [0.15, 0.2) is 5.79 Å². The van der Waals surface area contributed by atoms with E-state index >= 15 is 0 Å². The Hall–Kier alpha value is -1.13. The highest BCUT2D eigenvalue weighted by atomic mass is 16.7. The molecule has 4 nitrogen and oxygen atoms in total. The summed E-state index contributed by atoms with van der Waals surface area (Å²) in [7, 11) is 0. The maximum absolute atomic E-state index is 10.4. The third kappa shape index (κ3) is 2.46. The summed E-state index contributed by atoms with van der Waals surface area (Å²) in [5.41, 5.74) is 0.977. The van der Waals surface area contributed by atoms with E-state index < -0.39 is 11.8 Å². The summed E-state index contributed by atoms with van der Waals surface area (Å²) in [6.45, 7) is 1.27. The summed E-state index contributed by atoms with van der Waals surface area (Å²) in [5, 5.41) is 8.52. The summed E-state index contributed by atoms with van der Waals surface area (Å²) in [4.78, 5) is 10.4. The Bertz CT molecular complexity index is 311. The fourth-order valence-corrected chi connectivity index (χ4v) is 2.00. The first-order valence-corrected chi connectivity index (χ1v) is 5.08. The van der Waals surface area contributed by atoms with Crippen molar-refractivity contribution in [2.75, 3.05) is 13.2 Å². The highest BCUT2D eigenvalue weighted by Gasteiger charge is 2.37. The maximum atomic E-state index is 10.4. The van der Waals surface area contributed by atoms with Crippen LogP contribution in [0.2, 0.25) is 0 Å². The van der Waals surface area contributed by atoms with Crippen LogP contribution in [0.25, 0.3) is 0 Å². The van der Waals surface area contributed by atoms with E-state index in [-0.39, 0.29) is 0 Å². The number of ether oxygens (including phenoxy) is 2. The fraction of sp³-hybridized carbons (Fsp3) is 0.545. The first-order valence-electron chi connectivity index (χ1n) is 5.08. The van der Waals surface area contributed by atoms with Crippen molar-refractivity contribution in [3.05, 3.63) is 23.8 Å². The third-order valence-electron chi connectivity index (χ3n) is 2.66. The zero-order valence-corrected chi connectivity index (χ0v) is 8.44. The molecule has 0 atom stereocenters. The summed E-state index contributed by atoms with van der Waals surface area (Å²) in [5.74, 6) is -1.41. The minimum atomic E-state index is -0.927. The van der Waals surface area contributed by atoms with Gasteiger partial charge in [0.05, 0.1) is 13.2 Å². The molecule has 1 saturated heterocycles. The average molecular weight is 210 g/mol. The van der Waals surface area contributed by atoms with E-state index in [1.54, 1.807) is 6.08 Å². The van der Waals surface area contributed by atoms with Crippen LogP contribution in [0.4, 0.5) is 0 Å². The summed E-state index contributed by atoms with van der Waals surface area (Å²) in [6.07, 6.45) is 7.19. The Kier molecular flexibility index (Phi) is 2.88. The quantitative estimate of drug-likeness (QED) is 0.701. The van der Waals surface area contributed by atoms with Crippen molar-refractivity contribution in [3.8, 4) is 0 Å². The van der Waals surface area contributed by atoms with E-state index in [0.29, 0.717) is 19.6 Å². The molecule has 2 rings (SSSR count). The smallest absolute Gasteiger partial charge is 0.328 e. The fourth-order valence-electron chi connectivity index (χ4n) is 2.00. The minimum absolute atomic E-state index is 0.479. The summed E-state index contributed by atoms with van der Waals surface area (Å²) >= 11 is 0. The van der Waals surface area contributed by atoms with Crippen molar-refractivity contribution in [2.24, 2.45) is 0 Å². The zero-order chi connectivity index (χ0) is 10.7. The van der Waals surface area contributed by atoms with E-state index in [1.165, 1.54) is 0 Å². The number of aliphatic carboxylic acids is 1. The lowest BCUT2D eigenvalue weighted by Crippen LogP contribution is -2.32. The van der Waals surface area contributed by atoms with Gasteiger partial charge in [-0.3, -0.25) is 0 Å². The summed E-state index contributed by atoms with van der Waals surface area (Å²) in [6, 6.07) is 0. The van der Waals surface area contributed by atoms with Gasteiger partial charge in [-0.15, -0.1) is 0 Å². The van der Waals surface area contributed by atoms with Crippen LogP contribution in [-0.2, 0) is 14.3 Å². The van der Waals surface area contributed by atoms with Crippen LogP contribution < -0.4 is 0 Å². The van der Waals surface area contributed by atoms with Gasteiger partial charge in [0.1, 0.15) is 0 Å². The lowest BCUT2D eigenvalue weighted by Gasteiger charge is -2.30. The molecule has 0 amide bonds. The highest BCUT2D eigenvalue weighted by molar-refractivity contribution is 5.80. The molecule has 4 heteroatoms. The van der Waals surface area contributed by atoms with Crippen LogP contribution in [0.1, 0.15) is 19.3 Å². The Morgan fingerprint density at radius 3 is 2.87 bits per heavy atom. The molecule has 1 heterocycles. The van der Waals surface area contributed by atoms with Crippen LogP contribution in [-0.4, -0.2) is 30.1 Å². The maximum Gasteiger partial charge on any atom is 0.328 e. The van der Waals surface area contributed by atoms with Crippen molar-refractivity contribution in [3.63, 3.8) is 0 Å². The molecule has 0 aromatic rings. The molecule has 82 valence electrons. The first kappa shape index (κ1) is 10.4.